The Labute approximate surface area is 206 Å². The van der Waals surface area contributed by atoms with Gasteiger partial charge in [0.15, 0.2) is 11.4 Å². The largest absolute Gasteiger partial charge is 0.375 e. The highest BCUT2D eigenvalue weighted by molar-refractivity contribution is 5.88. The van der Waals surface area contributed by atoms with Crippen molar-refractivity contribution in [2.24, 2.45) is 11.8 Å². The normalized spacial score (nSPS) is 31.3. The Bertz CT molecular complexity index is 1030. The van der Waals surface area contributed by atoms with E-state index in [-0.39, 0.29) is 11.7 Å². The predicted molar refractivity (Wildman–Crippen MR) is 132 cm³/mol. The molecule has 1 aromatic carbocycles. The summed E-state index contributed by atoms with van der Waals surface area (Å²) in [7, 11) is 0. The number of ether oxygens (including phenoxy) is 1. The van der Waals surface area contributed by atoms with Gasteiger partial charge in [-0.1, -0.05) is 5.16 Å². The van der Waals surface area contributed by atoms with Crippen molar-refractivity contribution in [2.75, 3.05) is 37.6 Å². The summed E-state index contributed by atoms with van der Waals surface area (Å²) in [4.78, 5) is 17.3. The van der Waals surface area contributed by atoms with Gasteiger partial charge in [-0.25, -0.2) is 4.39 Å². The Morgan fingerprint density at radius 1 is 1.09 bits per heavy atom. The van der Waals surface area contributed by atoms with Gasteiger partial charge < -0.3 is 19.5 Å². The third-order valence-corrected chi connectivity index (χ3v) is 8.83. The monoisotopic (exact) mass is 484 g/mol. The van der Waals surface area contributed by atoms with Gasteiger partial charge in [0.1, 0.15) is 5.82 Å². The van der Waals surface area contributed by atoms with E-state index in [4.69, 9.17) is 9.26 Å². The van der Waals surface area contributed by atoms with Crippen LogP contribution in [0.15, 0.2) is 22.7 Å². The number of aromatic nitrogens is 1. The molecule has 1 saturated carbocycles. The van der Waals surface area contributed by atoms with Gasteiger partial charge >= 0.3 is 0 Å². The molecule has 2 aromatic rings. The Balaban J connectivity index is 0.893. The Morgan fingerprint density at radius 2 is 1.91 bits per heavy atom. The van der Waals surface area contributed by atoms with Crippen molar-refractivity contribution >= 4 is 22.7 Å². The van der Waals surface area contributed by atoms with E-state index < -0.39 is 0 Å². The van der Waals surface area contributed by atoms with Crippen LogP contribution in [-0.2, 0) is 9.53 Å². The molecule has 3 atom stereocenters. The molecule has 4 heterocycles. The first-order chi connectivity index (χ1) is 17.1. The number of fused-ring (bicyclic) bond motifs is 3. The lowest BCUT2D eigenvalue weighted by atomic mass is 9.83. The number of nitrogens with one attached hydrogen (secondary N) is 1. The van der Waals surface area contributed by atoms with Gasteiger partial charge in [-0.05, 0) is 87.9 Å². The van der Waals surface area contributed by atoms with E-state index >= 15 is 0 Å². The van der Waals surface area contributed by atoms with Crippen molar-refractivity contribution in [2.45, 2.75) is 76.0 Å². The molecule has 2 bridgehead atoms. The number of hydrogen-bond donors (Lipinski definition) is 1. The summed E-state index contributed by atoms with van der Waals surface area (Å²) in [6, 6.07) is 4.92. The second kappa shape index (κ2) is 10.1. The van der Waals surface area contributed by atoms with Crippen LogP contribution in [0, 0.1) is 17.7 Å². The smallest absolute Gasteiger partial charge is 0.220 e. The number of benzene rings is 1. The van der Waals surface area contributed by atoms with Crippen LogP contribution in [0.25, 0.3) is 11.0 Å². The van der Waals surface area contributed by atoms with Crippen LogP contribution in [0.2, 0.25) is 0 Å². The van der Waals surface area contributed by atoms with Crippen molar-refractivity contribution in [3.8, 4) is 0 Å². The van der Waals surface area contributed by atoms with E-state index in [0.29, 0.717) is 36.2 Å². The van der Waals surface area contributed by atoms with Gasteiger partial charge in [0.05, 0.1) is 17.6 Å². The average Bonchev–Trinajstić information content (AvgIpc) is 3.60. The molecule has 4 fully saturated rings. The minimum atomic E-state index is -0.259. The molecular formula is C27H37FN4O3. The van der Waals surface area contributed by atoms with Gasteiger partial charge in [0.25, 0.3) is 0 Å². The summed E-state index contributed by atoms with van der Waals surface area (Å²) < 4.78 is 25.0. The maximum absolute atomic E-state index is 13.7. The van der Waals surface area contributed by atoms with Crippen molar-refractivity contribution in [1.29, 1.82) is 0 Å². The molecule has 1 unspecified atom stereocenters. The number of nitrogens with zero attached hydrogens (tertiary/aromatic N) is 3. The first-order valence-corrected chi connectivity index (χ1v) is 13.6. The highest BCUT2D eigenvalue weighted by Gasteiger charge is 2.41. The van der Waals surface area contributed by atoms with E-state index in [1.54, 1.807) is 6.07 Å². The molecule has 0 radical (unpaired) electrons. The maximum Gasteiger partial charge on any atom is 0.220 e. The molecule has 6 rings (SSSR count). The van der Waals surface area contributed by atoms with Crippen molar-refractivity contribution in [1.82, 2.24) is 15.4 Å². The van der Waals surface area contributed by atoms with Crippen molar-refractivity contribution < 1.29 is 18.4 Å². The first kappa shape index (κ1) is 23.2. The number of carbonyl (C=O) groups excluding carboxylic acids is 1. The molecule has 8 heteroatoms. The van der Waals surface area contributed by atoms with Crippen molar-refractivity contribution in [3.63, 3.8) is 0 Å². The number of hydrogen-bond acceptors (Lipinski definition) is 6. The molecule has 0 spiro atoms. The predicted octanol–water partition coefficient (Wildman–Crippen LogP) is 4.11. The molecule has 4 aliphatic rings. The fourth-order valence-electron chi connectivity index (χ4n) is 6.75. The molecule has 190 valence electrons. The van der Waals surface area contributed by atoms with Gasteiger partial charge in [-0.3, -0.25) is 9.69 Å². The molecule has 7 nitrogen and oxygen atoms in total. The zero-order valence-corrected chi connectivity index (χ0v) is 20.5. The van der Waals surface area contributed by atoms with Gasteiger partial charge in [0, 0.05) is 38.6 Å². The summed E-state index contributed by atoms with van der Waals surface area (Å²) in [6.45, 7) is 4.85. The standard InChI is InChI=1S/C27H37FN4O3/c28-20-3-7-25-23(17-20)27(30-35-25)32-13-11-31(12-14-32)10-9-18-1-4-21(5-2-18)29-26(33)16-19-15-22-6-8-24(19)34-22/h3,7,17-19,21-22,24H,1-2,4-6,8-16H2,(H,29,33)/t18?,19?,21?,22-,24+/m0/s1. The summed E-state index contributed by atoms with van der Waals surface area (Å²) in [5.41, 5.74) is 0.634. The van der Waals surface area contributed by atoms with Crippen LogP contribution in [0.5, 0.6) is 0 Å². The minimum Gasteiger partial charge on any atom is -0.375 e. The van der Waals surface area contributed by atoms with Crippen LogP contribution in [0.3, 0.4) is 0 Å². The number of piperazine rings is 1. The van der Waals surface area contributed by atoms with Crippen LogP contribution in [0.1, 0.15) is 57.8 Å². The van der Waals surface area contributed by atoms with Crippen LogP contribution in [0.4, 0.5) is 10.2 Å². The molecular weight excluding hydrogens is 447 g/mol. The van der Waals surface area contributed by atoms with Gasteiger partial charge in [-0.2, -0.15) is 0 Å². The maximum atomic E-state index is 13.7. The lowest BCUT2D eigenvalue weighted by Gasteiger charge is -2.36. The highest BCUT2D eigenvalue weighted by Crippen LogP contribution is 2.40. The fraction of sp³-hybridized carbons (Fsp3) is 0.704. The second-order valence-corrected chi connectivity index (χ2v) is 11.1. The summed E-state index contributed by atoms with van der Waals surface area (Å²) in [5, 5.41) is 8.27. The number of anilines is 1. The average molecular weight is 485 g/mol. The van der Waals surface area contributed by atoms with E-state index in [2.05, 4.69) is 20.3 Å². The number of rotatable bonds is 7. The van der Waals surface area contributed by atoms with E-state index in [0.717, 1.165) is 75.5 Å². The van der Waals surface area contributed by atoms with Gasteiger partial charge in [0.2, 0.25) is 5.91 Å². The quantitative estimate of drug-likeness (QED) is 0.638. The number of carbonyl (C=O) groups is 1. The van der Waals surface area contributed by atoms with Gasteiger partial charge in [-0.15, -0.1) is 0 Å². The van der Waals surface area contributed by atoms with Crippen LogP contribution >= 0.6 is 0 Å². The van der Waals surface area contributed by atoms with E-state index in [9.17, 15) is 9.18 Å². The van der Waals surface area contributed by atoms with Crippen LogP contribution in [-0.4, -0.2) is 66.9 Å². The third-order valence-electron chi connectivity index (χ3n) is 8.83. The van der Waals surface area contributed by atoms with Crippen molar-refractivity contribution in [3.05, 3.63) is 24.0 Å². The molecule has 1 aromatic heterocycles. The second-order valence-electron chi connectivity index (χ2n) is 11.1. The Kier molecular flexibility index (Phi) is 6.67. The summed E-state index contributed by atoms with van der Waals surface area (Å²) in [5.74, 6) is 1.92. The fourth-order valence-corrected chi connectivity index (χ4v) is 6.75. The number of amides is 1. The molecule has 3 saturated heterocycles. The highest BCUT2D eigenvalue weighted by atomic mass is 19.1. The third kappa shape index (κ3) is 5.19. The molecule has 1 N–H and O–H groups in total. The topological polar surface area (TPSA) is 70.8 Å². The molecule has 35 heavy (non-hydrogen) atoms. The lowest BCUT2D eigenvalue weighted by molar-refractivity contribution is -0.123. The summed E-state index contributed by atoms with van der Waals surface area (Å²) in [6.07, 6.45) is 10.6. The number of halogens is 1. The molecule has 3 aliphatic heterocycles. The minimum absolute atomic E-state index is 0.232. The lowest BCUT2D eigenvalue weighted by Crippen LogP contribution is -2.47. The molecule has 1 amide bonds. The zero-order chi connectivity index (χ0) is 23.8. The zero-order valence-electron chi connectivity index (χ0n) is 20.5. The van der Waals surface area contributed by atoms with Crippen LogP contribution < -0.4 is 10.2 Å². The first-order valence-electron chi connectivity index (χ1n) is 13.6. The SMILES string of the molecule is O=C(CC1C[C@@H]2CC[C@H]1O2)NC1CCC(CCN2CCN(c3noc4ccc(F)cc34)CC2)CC1. The summed E-state index contributed by atoms with van der Waals surface area (Å²) >= 11 is 0. The van der Waals surface area contributed by atoms with E-state index in [1.807, 2.05) is 0 Å². The molecule has 1 aliphatic carbocycles. The van der Waals surface area contributed by atoms with E-state index in [1.165, 1.54) is 37.8 Å². The Hall–Kier alpha value is -2.19. The Morgan fingerprint density at radius 3 is 2.66 bits per heavy atom.